The molecule has 0 atom stereocenters. The summed E-state index contributed by atoms with van der Waals surface area (Å²) < 4.78 is 5.38. The Morgan fingerprint density at radius 3 is 1.80 bits per heavy atom. The van der Waals surface area contributed by atoms with E-state index in [1.54, 1.807) is 41.9 Å². The van der Waals surface area contributed by atoms with E-state index in [9.17, 15) is 0 Å². The molecule has 0 aliphatic rings. The van der Waals surface area contributed by atoms with Gasteiger partial charge in [-0.3, -0.25) is 0 Å². The molecule has 4 aromatic heterocycles. The van der Waals surface area contributed by atoms with Crippen LogP contribution in [0.5, 0.6) is 0 Å². The van der Waals surface area contributed by atoms with Crippen LogP contribution in [-0.4, -0.2) is 37.0 Å². The highest BCUT2D eigenvalue weighted by molar-refractivity contribution is 9.09. The maximum absolute atomic E-state index is 8.90. The number of ether oxygens (including phenoxy) is 1. The largest absolute Gasteiger partial charge is 0.391 e. The maximum Gasteiger partial charge on any atom is 0.222 e. The molecule has 4 rings (SSSR count). The molecule has 4 aromatic rings. The van der Waals surface area contributed by atoms with Crippen molar-refractivity contribution in [1.29, 1.82) is 0 Å². The minimum Gasteiger partial charge on any atom is -0.391 e. The number of halogens is 3. The van der Waals surface area contributed by atoms with Crippen LogP contribution >= 0.6 is 61.8 Å². The lowest BCUT2D eigenvalue weighted by molar-refractivity contribution is 0.151. The SMILES string of the molecule is C=CCBr.C=CCOCc1ccc(-c2ccnc(Cl)n2)s1.OCc1ccc(-c2ccnc(Cl)n2)s1. The molecule has 0 aliphatic carbocycles. The number of alkyl halides is 1. The van der Waals surface area contributed by atoms with Gasteiger partial charge in [0.05, 0.1) is 41.0 Å². The predicted molar refractivity (Wildman–Crippen MR) is 150 cm³/mol. The Labute approximate surface area is 231 Å². The highest BCUT2D eigenvalue weighted by Gasteiger charge is 2.05. The number of aliphatic hydroxyl groups is 1. The Bertz CT molecular complexity index is 1200. The number of allylic oxidation sites excluding steroid dienone is 1. The molecule has 0 radical (unpaired) electrons. The molecule has 35 heavy (non-hydrogen) atoms. The summed E-state index contributed by atoms with van der Waals surface area (Å²) >= 11 is 17.7. The van der Waals surface area contributed by atoms with Crippen molar-refractivity contribution in [2.75, 3.05) is 11.9 Å². The van der Waals surface area contributed by atoms with E-state index in [1.165, 1.54) is 11.3 Å². The lowest BCUT2D eigenvalue weighted by Gasteiger charge is -1.97. The molecule has 1 N–H and O–H groups in total. The molecule has 6 nitrogen and oxygen atoms in total. The fourth-order valence-electron chi connectivity index (χ4n) is 2.38. The highest BCUT2D eigenvalue weighted by Crippen LogP contribution is 2.28. The smallest absolute Gasteiger partial charge is 0.222 e. The summed E-state index contributed by atoms with van der Waals surface area (Å²) in [5.41, 5.74) is 1.62. The van der Waals surface area contributed by atoms with Gasteiger partial charge in [0.15, 0.2) is 0 Å². The van der Waals surface area contributed by atoms with Gasteiger partial charge in [-0.15, -0.1) is 35.8 Å². The fourth-order valence-corrected chi connectivity index (χ4v) is 4.43. The average Bonchev–Trinajstić information content (AvgIpc) is 3.55. The Balaban J connectivity index is 0.000000217. The average molecular weight is 614 g/mol. The second-order valence-corrected chi connectivity index (χ2v) is 10.0. The van der Waals surface area contributed by atoms with Gasteiger partial charge in [0.2, 0.25) is 10.6 Å². The summed E-state index contributed by atoms with van der Waals surface area (Å²) in [6.45, 7) is 8.25. The molecule has 4 heterocycles. The van der Waals surface area contributed by atoms with E-state index in [1.807, 2.05) is 30.3 Å². The van der Waals surface area contributed by atoms with Crippen molar-refractivity contribution < 1.29 is 9.84 Å². The second kappa shape index (κ2) is 16.6. The Hall–Kier alpha value is -1.98. The third-order valence-corrected chi connectivity index (χ3v) is 6.82. The third kappa shape index (κ3) is 10.7. The van der Waals surface area contributed by atoms with Crippen LogP contribution < -0.4 is 0 Å². The van der Waals surface area contributed by atoms with Crippen molar-refractivity contribution in [2.24, 2.45) is 0 Å². The topological polar surface area (TPSA) is 81.0 Å². The summed E-state index contributed by atoms with van der Waals surface area (Å²) in [7, 11) is 0. The van der Waals surface area contributed by atoms with E-state index in [0.29, 0.717) is 13.2 Å². The van der Waals surface area contributed by atoms with Crippen molar-refractivity contribution in [3.8, 4) is 21.1 Å². The number of rotatable bonds is 8. The third-order valence-electron chi connectivity index (χ3n) is 3.83. The van der Waals surface area contributed by atoms with Crippen LogP contribution in [0.15, 0.2) is 74.1 Å². The van der Waals surface area contributed by atoms with Gasteiger partial charge in [0.1, 0.15) is 0 Å². The first-order chi connectivity index (χ1) is 17.0. The normalized spacial score (nSPS) is 9.94. The second-order valence-electron chi connectivity index (χ2n) is 6.36. The molecule has 0 aliphatic heterocycles. The fraction of sp³-hybridized carbons (Fsp3) is 0.167. The van der Waals surface area contributed by atoms with Gasteiger partial charge in [-0.05, 0) is 59.6 Å². The first-order valence-electron chi connectivity index (χ1n) is 10.1. The zero-order chi connectivity index (χ0) is 25.5. The zero-order valence-corrected chi connectivity index (χ0v) is 23.3. The molecule has 0 unspecified atom stereocenters. The Morgan fingerprint density at radius 2 is 1.37 bits per heavy atom. The van der Waals surface area contributed by atoms with E-state index in [4.69, 9.17) is 33.0 Å². The molecule has 11 heteroatoms. The lowest BCUT2D eigenvalue weighted by Crippen LogP contribution is -1.88. The zero-order valence-electron chi connectivity index (χ0n) is 18.6. The summed E-state index contributed by atoms with van der Waals surface area (Å²) in [5.74, 6) is 0. The van der Waals surface area contributed by atoms with E-state index in [0.717, 1.165) is 36.2 Å². The number of thiophene rings is 2. The van der Waals surface area contributed by atoms with E-state index >= 15 is 0 Å². The van der Waals surface area contributed by atoms with Gasteiger partial charge >= 0.3 is 0 Å². The van der Waals surface area contributed by atoms with Crippen LogP contribution in [0.1, 0.15) is 9.75 Å². The number of hydrogen-bond acceptors (Lipinski definition) is 8. The Kier molecular flexibility index (Phi) is 13.9. The van der Waals surface area contributed by atoms with Crippen LogP contribution in [0.25, 0.3) is 21.1 Å². The molecule has 0 spiro atoms. The van der Waals surface area contributed by atoms with E-state index < -0.39 is 0 Å². The van der Waals surface area contributed by atoms with Gasteiger partial charge in [-0.2, -0.15) is 0 Å². The van der Waals surface area contributed by atoms with E-state index in [2.05, 4.69) is 49.0 Å². The van der Waals surface area contributed by atoms with Gasteiger partial charge < -0.3 is 9.84 Å². The van der Waals surface area contributed by atoms with Crippen molar-refractivity contribution >= 4 is 61.8 Å². The summed E-state index contributed by atoms with van der Waals surface area (Å²) in [6, 6.07) is 11.4. The molecule has 0 saturated carbocycles. The molecular formula is C24H23BrCl2N4O2S2. The van der Waals surface area contributed by atoms with Crippen molar-refractivity contribution in [2.45, 2.75) is 13.2 Å². The van der Waals surface area contributed by atoms with Gasteiger partial charge in [-0.1, -0.05) is 28.1 Å². The quantitative estimate of drug-likeness (QED) is 0.0960. The minimum absolute atomic E-state index is 0.0590. The van der Waals surface area contributed by atoms with Crippen LogP contribution in [-0.2, 0) is 18.0 Å². The number of nitrogens with zero attached hydrogens (tertiary/aromatic N) is 4. The molecule has 0 fully saturated rings. The summed E-state index contributed by atoms with van der Waals surface area (Å²) in [4.78, 5) is 20.0. The minimum atomic E-state index is 0.0590. The number of aromatic nitrogens is 4. The van der Waals surface area contributed by atoms with Crippen molar-refractivity contribution in [1.82, 2.24) is 19.9 Å². The first kappa shape index (κ1) is 29.3. The molecule has 0 bridgehead atoms. The molecule has 0 amide bonds. The van der Waals surface area contributed by atoms with Gasteiger partial charge in [-0.25, -0.2) is 19.9 Å². The summed E-state index contributed by atoms with van der Waals surface area (Å²) in [5, 5.41) is 10.3. The molecular weight excluding hydrogens is 591 g/mol. The van der Waals surface area contributed by atoms with Gasteiger partial charge in [0.25, 0.3) is 0 Å². The van der Waals surface area contributed by atoms with E-state index in [-0.39, 0.29) is 17.2 Å². The molecule has 184 valence electrons. The molecule has 0 aromatic carbocycles. The number of aliphatic hydroxyl groups excluding tert-OH is 1. The summed E-state index contributed by atoms with van der Waals surface area (Å²) in [6.07, 6.45) is 6.79. The maximum atomic E-state index is 8.90. The standard InChI is InChI=1S/C12H11ClN2OS.C9H7ClN2OS.C3H5Br/c1-2-7-16-8-9-3-4-11(17-9)10-5-6-14-12(13)15-10;10-9-11-4-3-7(12-9)8-2-1-6(5-13)14-8;1-2-3-4/h2-6H,1,7-8H2;1-4,13H,5H2;2H,1,3H2. The monoisotopic (exact) mass is 612 g/mol. The van der Waals surface area contributed by atoms with Crippen LogP contribution in [0, 0.1) is 0 Å². The predicted octanol–water partition coefficient (Wildman–Crippen LogP) is 7.48. The van der Waals surface area contributed by atoms with Crippen molar-refractivity contribution in [3.63, 3.8) is 0 Å². The lowest BCUT2D eigenvalue weighted by atomic mass is 10.3. The van der Waals surface area contributed by atoms with Gasteiger partial charge in [0, 0.05) is 27.5 Å². The van der Waals surface area contributed by atoms with Crippen LogP contribution in [0.3, 0.4) is 0 Å². The van der Waals surface area contributed by atoms with Crippen LogP contribution in [0.4, 0.5) is 0 Å². The first-order valence-corrected chi connectivity index (χ1v) is 13.6. The number of hydrogen-bond donors (Lipinski definition) is 1. The van der Waals surface area contributed by atoms with Crippen molar-refractivity contribution in [3.05, 3.63) is 94.4 Å². The molecule has 0 saturated heterocycles. The van der Waals surface area contributed by atoms with Crippen LogP contribution in [0.2, 0.25) is 10.6 Å². The highest BCUT2D eigenvalue weighted by atomic mass is 79.9. The Morgan fingerprint density at radius 1 is 0.857 bits per heavy atom.